The summed E-state index contributed by atoms with van der Waals surface area (Å²) in [6.07, 6.45) is 1.47. The van der Waals surface area contributed by atoms with Gasteiger partial charge in [0.25, 0.3) is 0 Å². The summed E-state index contributed by atoms with van der Waals surface area (Å²) in [7, 11) is -3.75. The van der Waals surface area contributed by atoms with Crippen molar-refractivity contribution in [1.82, 2.24) is 5.32 Å². The van der Waals surface area contributed by atoms with Crippen LogP contribution >= 0.6 is 23.2 Å². The van der Waals surface area contributed by atoms with Gasteiger partial charge in [-0.25, -0.2) is 12.8 Å². The predicted octanol–water partition coefficient (Wildman–Crippen LogP) is 3.26. The van der Waals surface area contributed by atoms with E-state index in [1.54, 1.807) is 12.1 Å². The van der Waals surface area contributed by atoms with E-state index in [1.807, 2.05) is 0 Å². The van der Waals surface area contributed by atoms with Gasteiger partial charge in [0.05, 0.1) is 17.0 Å². The van der Waals surface area contributed by atoms with Gasteiger partial charge in [-0.05, 0) is 42.3 Å². The van der Waals surface area contributed by atoms with Crippen molar-refractivity contribution in [3.63, 3.8) is 0 Å². The van der Waals surface area contributed by atoms with Crippen LogP contribution in [-0.2, 0) is 21.2 Å². The monoisotopic (exact) mass is 418 g/mol. The van der Waals surface area contributed by atoms with Crippen LogP contribution in [0.25, 0.3) is 0 Å². The molecule has 0 aromatic heterocycles. The number of benzene rings is 2. The molecule has 0 radical (unpaired) electrons. The van der Waals surface area contributed by atoms with E-state index in [2.05, 4.69) is 5.32 Å². The van der Waals surface area contributed by atoms with E-state index in [9.17, 15) is 17.6 Å². The highest BCUT2D eigenvalue weighted by Crippen LogP contribution is 2.30. The zero-order chi connectivity index (χ0) is 19.3. The molecule has 1 amide bonds. The van der Waals surface area contributed by atoms with E-state index in [-0.39, 0.29) is 23.1 Å². The number of nitrogens with one attached hydrogen (secondary N) is 1. The Labute approximate surface area is 161 Å². The van der Waals surface area contributed by atoms with Crippen molar-refractivity contribution >= 4 is 44.8 Å². The molecular weight excluding hydrogens is 402 g/mol. The fourth-order valence-corrected chi connectivity index (χ4v) is 3.54. The first-order valence-electron chi connectivity index (χ1n) is 7.61. The Hall–Kier alpha value is -1.83. The molecule has 0 aliphatic heterocycles. The zero-order valence-corrected chi connectivity index (χ0v) is 16.2. The molecule has 2 rings (SSSR count). The number of halogens is 3. The van der Waals surface area contributed by atoms with Crippen molar-refractivity contribution in [2.45, 2.75) is 6.42 Å². The predicted molar refractivity (Wildman–Crippen MR) is 102 cm³/mol. The van der Waals surface area contributed by atoms with Gasteiger partial charge in [-0.15, -0.1) is 0 Å². The van der Waals surface area contributed by atoms with Gasteiger partial charge in [0, 0.05) is 11.6 Å². The van der Waals surface area contributed by atoms with E-state index in [0.29, 0.717) is 11.4 Å². The largest absolute Gasteiger partial charge is 0.354 e. The molecule has 9 heteroatoms. The number of rotatable bonds is 7. The van der Waals surface area contributed by atoms with E-state index in [1.165, 1.54) is 30.3 Å². The lowest BCUT2D eigenvalue weighted by Gasteiger charge is -2.23. The summed E-state index contributed by atoms with van der Waals surface area (Å²) in [6.45, 7) is -0.145. The van der Waals surface area contributed by atoms with Gasteiger partial charge in [0.15, 0.2) is 0 Å². The molecule has 0 heterocycles. The lowest BCUT2D eigenvalue weighted by atomic mass is 10.1. The molecule has 0 aliphatic carbocycles. The third-order valence-electron chi connectivity index (χ3n) is 3.51. The minimum absolute atomic E-state index is 0.135. The highest BCUT2D eigenvalue weighted by Gasteiger charge is 2.23. The number of nitrogens with zero attached hydrogens (tertiary/aromatic N) is 1. The van der Waals surface area contributed by atoms with Gasteiger partial charge in [0.2, 0.25) is 15.9 Å². The van der Waals surface area contributed by atoms with Crippen molar-refractivity contribution in [3.05, 3.63) is 63.9 Å². The summed E-state index contributed by atoms with van der Waals surface area (Å²) in [5, 5.41) is 3.10. The second-order valence-corrected chi connectivity index (χ2v) is 8.34. The summed E-state index contributed by atoms with van der Waals surface area (Å²) in [5.41, 5.74) is 0.986. The second kappa shape index (κ2) is 8.70. The van der Waals surface area contributed by atoms with E-state index < -0.39 is 22.5 Å². The van der Waals surface area contributed by atoms with Crippen LogP contribution in [-0.4, -0.2) is 33.7 Å². The lowest BCUT2D eigenvalue weighted by molar-refractivity contribution is -0.119. The van der Waals surface area contributed by atoms with E-state index in [0.717, 1.165) is 16.1 Å². The lowest BCUT2D eigenvalue weighted by Crippen LogP contribution is -2.41. The molecule has 1 N–H and O–H groups in total. The fraction of sp³-hybridized carbons (Fsp3) is 0.235. The summed E-state index contributed by atoms with van der Waals surface area (Å²) < 4.78 is 37.9. The zero-order valence-electron chi connectivity index (χ0n) is 13.9. The normalized spacial score (nSPS) is 11.2. The van der Waals surface area contributed by atoms with Crippen LogP contribution in [0.15, 0.2) is 42.5 Å². The van der Waals surface area contributed by atoms with Crippen LogP contribution in [0, 0.1) is 5.82 Å². The molecule has 0 spiro atoms. The summed E-state index contributed by atoms with van der Waals surface area (Å²) in [4.78, 5) is 12.2. The van der Waals surface area contributed by atoms with E-state index >= 15 is 0 Å². The first-order valence-corrected chi connectivity index (χ1v) is 10.2. The maximum Gasteiger partial charge on any atom is 0.240 e. The van der Waals surface area contributed by atoms with Crippen molar-refractivity contribution in [3.8, 4) is 0 Å². The van der Waals surface area contributed by atoms with E-state index in [4.69, 9.17) is 23.2 Å². The number of sulfonamides is 1. The Morgan fingerprint density at radius 2 is 1.81 bits per heavy atom. The molecule has 2 aromatic carbocycles. The van der Waals surface area contributed by atoms with Crippen molar-refractivity contribution in [1.29, 1.82) is 0 Å². The van der Waals surface area contributed by atoms with Gasteiger partial charge in [-0.3, -0.25) is 9.10 Å². The summed E-state index contributed by atoms with van der Waals surface area (Å²) in [6, 6.07) is 10.3. The highest BCUT2D eigenvalue weighted by molar-refractivity contribution is 7.92. The molecule has 0 fully saturated rings. The van der Waals surface area contributed by atoms with Crippen LogP contribution in [0.4, 0.5) is 10.1 Å². The van der Waals surface area contributed by atoms with Gasteiger partial charge >= 0.3 is 0 Å². The molecule has 0 unspecified atom stereocenters. The molecule has 26 heavy (non-hydrogen) atoms. The number of amides is 1. The molecule has 5 nitrogen and oxygen atoms in total. The van der Waals surface area contributed by atoms with Crippen LogP contribution in [0.1, 0.15) is 5.56 Å². The molecule has 0 saturated heterocycles. The average molecular weight is 419 g/mol. The number of hydrogen-bond donors (Lipinski definition) is 1. The topological polar surface area (TPSA) is 66.5 Å². The van der Waals surface area contributed by atoms with Gasteiger partial charge in [-0.2, -0.15) is 0 Å². The van der Waals surface area contributed by atoms with Crippen molar-refractivity contribution in [2.75, 3.05) is 23.7 Å². The Morgan fingerprint density at radius 1 is 1.15 bits per heavy atom. The number of hydrogen-bond acceptors (Lipinski definition) is 3. The third-order valence-corrected chi connectivity index (χ3v) is 5.19. The first-order chi connectivity index (χ1) is 12.2. The molecule has 0 bridgehead atoms. The third kappa shape index (κ3) is 5.86. The maximum atomic E-state index is 12.9. The van der Waals surface area contributed by atoms with Gasteiger partial charge < -0.3 is 5.32 Å². The number of anilines is 1. The Kier molecular flexibility index (Phi) is 6.86. The summed E-state index contributed by atoms with van der Waals surface area (Å²) in [5.74, 6) is -0.825. The summed E-state index contributed by atoms with van der Waals surface area (Å²) >= 11 is 12.0. The van der Waals surface area contributed by atoms with Gasteiger partial charge in [-0.1, -0.05) is 35.3 Å². The Bertz CT molecular complexity index is 889. The molecular formula is C17H17Cl2FN2O3S. The molecule has 0 atom stereocenters. The second-order valence-electron chi connectivity index (χ2n) is 5.59. The molecule has 0 saturated carbocycles. The van der Waals surface area contributed by atoms with Gasteiger partial charge in [0.1, 0.15) is 12.4 Å². The van der Waals surface area contributed by atoms with Crippen LogP contribution in [0.5, 0.6) is 0 Å². The molecule has 0 aliphatic rings. The van der Waals surface area contributed by atoms with Crippen LogP contribution in [0.3, 0.4) is 0 Å². The first kappa shape index (κ1) is 20.5. The number of carbonyl (C=O) groups excluding carboxylic acids is 1. The van der Waals surface area contributed by atoms with Crippen LogP contribution in [0.2, 0.25) is 10.0 Å². The highest BCUT2D eigenvalue weighted by atomic mass is 35.5. The molecule has 140 valence electrons. The Morgan fingerprint density at radius 3 is 2.42 bits per heavy atom. The maximum absolute atomic E-state index is 12.9. The minimum Gasteiger partial charge on any atom is -0.354 e. The standard InChI is InChI=1S/C17H17Cl2FN2O3S/c1-26(24,25)22(16-10-13(18)4-7-15(16)19)11-17(23)21-9-8-12-2-5-14(20)6-3-12/h2-7,10H,8-9,11H2,1H3,(H,21,23). The molecule has 2 aromatic rings. The SMILES string of the molecule is CS(=O)(=O)N(CC(=O)NCCc1ccc(F)cc1)c1cc(Cl)ccc1Cl. The average Bonchev–Trinajstić information content (AvgIpc) is 2.56. The minimum atomic E-state index is -3.75. The number of carbonyl (C=O) groups is 1. The van der Waals surface area contributed by atoms with Crippen molar-refractivity contribution < 1.29 is 17.6 Å². The quantitative estimate of drug-likeness (QED) is 0.750. The smallest absolute Gasteiger partial charge is 0.240 e. The fourth-order valence-electron chi connectivity index (χ4n) is 2.24. The van der Waals surface area contributed by atoms with Crippen LogP contribution < -0.4 is 9.62 Å². The Balaban J connectivity index is 2.03. The van der Waals surface area contributed by atoms with Crippen molar-refractivity contribution in [2.24, 2.45) is 0 Å².